The molecule has 0 aromatic heterocycles. The lowest BCUT2D eigenvalue weighted by Gasteiger charge is -2.08. The fraction of sp³-hybridized carbons (Fsp3) is 0.0588. The molecule has 0 aliphatic rings. The van der Waals surface area contributed by atoms with E-state index < -0.39 is 0 Å². The van der Waals surface area contributed by atoms with E-state index in [1.807, 2.05) is 31.2 Å². The molecule has 2 rings (SSSR count). The molecule has 0 unspecified atom stereocenters. The fourth-order valence-corrected chi connectivity index (χ4v) is 1.88. The molecule has 0 bridgehead atoms. The SMILES string of the molecule is C=C/C(=C\C=C(/C)S)Nc1ccc2ccccc2c1. The molecule has 0 saturated heterocycles. The summed E-state index contributed by atoms with van der Waals surface area (Å²) in [5.74, 6) is 0. The third-order valence-electron chi connectivity index (χ3n) is 2.76. The number of hydrogen-bond donors (Lipinski definition) is 2. The summed E-state index contributed by atoms with van der Waals surface area (Å²) in [5, 5.41) is 5.80. The van der Waals surface area contributed by atoms with Crippen molar-refractivity contribution in [2.75, 3.05) is 5.32 Å². The standard InChI is InChI=1S/C17H17NS/c1-3-16(10-8-13(2)19)18-17-11-9-14-6-4-5-7-15(14)12-17/h3-12,18-19H,1H2,2H3/b13-8+,16-10+. The minimum atomic E-state index is 0.948. The van der Waals surface area contributed by atoms with Gasteiger partial charge in [0.2, 0.25) is 0 Å². The quantitative estimate of drug-likeness (QED) is 0.576. The second-order valence-electron chi connectivity index (χ2n) is 4.32. The van der Waals surface area contributed by atoms with Crippen molar-refractivity contribution in [3.63, 3.8) is 0 Å². The summed E-state index contributed by atoms with van der Waals surface area (Å²) in [6.07, 6.45) is 5.70. The Labute approximate surface area is 119 Å². The highest BCUT2D eigenvalue weighted by molar-refractivity contribution is 7.84. The molecule has 0 heterocycles. The topological polar surface area (TPSA) is 12.0 Å². The highest BCUT2D eigenvalue weighted by Gasteiger charge is 1.96. The van der Waals surface area contributed by atoms with E-state index in [4.69, 9.17) is 0 Å². The molecule has 2 heteroatoms. The van der Waals surface area contributed by atoms with Gasteiger partial charge in [-0.1, -0.05) is 43.0 Å². The van der Waals surface area contributed by atoms with Crippen LogP contribution in [0.25, 0.3) is 10.8 Å². The molecule has 0 atom stereocenters. The van der Waals surface area contributed by atoms with E-state index in [0.29, 0.717) is 0 Å². The predicted octanol–water partition coefficient (Wildman–Crippen LogP) is 5.16. The third kappa shape index (κ3) is 3.76. The van der Waals surface area contributed by atoms with Crippen LogP contribution in [0.3, 0.4) is 0 Å². The molecule has 0 amide bonds. The molecule has 0 radical (unpaired) electrons. The van der Waals surface area contributed by atoms with Crippen molar-refractivity contribution in [2.45, 2.75) is 6.92 Å². The van der Waals surface area contributed by atoms with E-state index in [1.165, 1.54) is 10.8 Å². The van der Waals surface area contributed by atoms with Crippen LogP contribution in [0.15, 0.2) is 77.9 Å². The molecule has 19 heavy (non-hydrogen) atoms. The average Bonchev–Trinajstić information content (AvgIpc) is 2.43. The van der Waals surface area contributed by atoms with Crippen LogP contribution in [-0.2, 0) is 0 Å². The summed E-state index contributed by atoms with van der Waals surface area (Å²) >= 11 is 4.24. The number of thiol groups is 1. The van der Waals surface area contributed by atoms with Crippen LogP contribution < -0.4 is 5.32 Å². The van der Waals surface area contributed by atoms with Gasteiger partial charge >= 0.3 is 0 Å². The summed E-state index contributed by atoms with van der Waals surface area (Å²) < 4.78 is 0. The van der Waals surface area contributed by atoms with Gasteiger partial charge in [-0.3, -0.25) is 0 Å². The van der Waals surface area contributed by atoms with Crippen molar-refractivity contribution in [1.29, 1.82) is 0 Å². The molecule has 96 valence electrons. The molecular weight excluding hydrogens is 250 g/mol. The van der Waals surface area contributed by atoms with Crippen LogP contribution >= 0.6 is 12.6 Å². The van der Waals surface area contributed by atoms with Gasteiger partial charge in [-0.15, -0.1) is 12.6 Å². The molecule has 1 N–H and O–H groups in total. The zero-order valence-corrected chi connectivity index (χ0v) is 11.8. The van der Waals surface area contributed by atoms with Crippen molar-refractivity contribution in [2.24, 2.45) is 0 Å². The number of nitrogens with one attached hydrogen (secondary N) is 1. The van der Waals surface area contributed by atoms with Gasteiger partial charge in [0.1, 0.15) is 0 Å². The van der Waals surface area contributed by atoms with Crippen LogP contribution in [0.1, 0.15) is 6.92 Å². The van der Waals surface area contributed by atoms with Crippen molar-refractivity contribution in [3.8, 4) is 0 Å². The van der Waals surface area contributed by atoms with Gasteiger partial charge in [-0.2, -0.15) is 0 Å². The number of rotatable bonds is 4. The van der Waals surface area contributed by atoms with Crippen LogP contribution in [0.5, 0.6) is 0 Å². The summed E-state index contributed by atoms with van der Waals surface area (Å²) in [6.45, 7) is 5.75. The summed E-state index contributed by atoms with van der Waals surface area (Å²) in [7, 11) is 0. The van der Waals surface area contributed by atoms with Crippen LogP contribution in [0, 0.1) is 0 Å². The van der Waals surface area contributed by atoms with Crippen molar-refractivity contribution in [3.05, 3.63) is 77.9 Å². The second kappa shape index (κ2) is 6.30. The van der Waals surface area contributed by atoms with E-state index in [9.17, 15) is 0 Å². The number of allylic oxidation sites excluding steroid dienone is 4. The molecular formula is C17H17NS. The Kier molecular flexibility index (Phi) is 4.48. The van der Waals surface area contributed by atoms with Crippen molar-refractivity contribution >= 4 is 29.1 Å². The predicted molar refractivity (Wildman–Crippen MR) is 88.6 cm³/mol. The first-order valence-electron chi connectivity index (χ1n) is 6.15. The zero-order valence-electron chi connectivity index (χ0n) is 10.9. The number of fused-ring (bicyclic) bond motifs is 1. The Balaban J connectivity index is 2.27. The Bertz CT molecular complexity index is 649. The first-order chi connectivity index (χ1) is 9.19. The van der Waals surface area contributed by atoms with Gasteiger partial charge in [0.25, 0.3) is 0 Å². The molecule has 0 spiro atoms. The highest BCUT2D eigenvalue weighted by atomic mass is 32.1. The van der Waals surface area contributed by atoms with Crippen LogP contribution in [0.4, 0.5) is 5.69 Å². The lowest BCUT2D eigenvalue weighted by atomic mass is 10.1. The number of benzene rings is 2. The fourth-order valence-electron chi connectivity index (χ4n) is 1.80. The van der Waals surface area contributed by atoms with Gasteiger partial charge in [0, 0.05) is 11.4 Å². The second-order valence-corrected chi connectivity index (χ2v) is 5.03. The maximum Gasteiger partial charge on any atom is 0.0390 e. The average molecular weight is 267 g/mol. The molecule has 0 aliphatic heterocycles. The van der Waals surface area contributed by atoms with Crippen molar-refractivity contribution < 1.29 is 0 Å². The Hall–Kier alpha value is -1.93. The molecule has 0 saturated carbocycles. The molecule has 1 nitrogen and oxygen atoms in total. The summed E-state index contributed by atoms with van der Waals surface area (Å²) in [5.41, 5.74) is 2.00. The smallest absolute Gasteiger partial charge is 0.0390 e. The highest BCUT2D eigenvalue weighted by Crippen LogP contribution is 2.20. The maximum absolute atomic E-state index is 4.24. The zero-order chi connectivity index (χ0) is 13.7. The molecule has 2 aromatic rings. The van der Waals surface area contributed by atoms with E-state index in [1.54, 1.807) is 6.08 Å². The van der Waals surface area contributed by atoms with Crippen LogP contribution in [-0.4, -0.2) is 0 Å². The molecule has 0 fully saturated rings. The van der Waals surface area contributed by atoms with Gasteiger partial charge in [0.05, 0.1) is 0 Å². The summed E-state index contributed by atoms with van der Waals surface area (Å²) in [4.78, 5) is 0.958. The Morgan fingerprint density at radius 3 is 2.53 bits per heavy atom. The monoisotopic (exact) mass is 267 g/mol. The summed E-state index contributed by atoms with van der Waals surface area (Å²) in [6, 6.07) is 14.6. The largest absolute Gasteiger partial charge is 0.356 e. The minimum absolute atomic E-state index is 0.948. The Morgan fingerprint density at radius 2 is 1.84 bits per heavy atom. The van der Waals surface area contributed by atoms with Gasteiger partial charge < -0.3 is 5.32 Å². The van der Waals surface area contributed by atoms with E-state index in [2.05, 4.69) is 54.9 Å². The van der Waals surface area contributed by atoms with E-state index in [0.717, 1.165) is 16.3 Å². The Morgan fingerprint density at radius 1 is 1.11 bits per heavy atom. The first kappa shape index (κ1) is 13.5. The van der Waals surface area contributed by atoms with Gasteiger partial charge in [-0.05, 0) is 46.9 Å². The van der Waals surface area contributed by atoms with Crippen LogP contribution in [0.2, 0.25) is 0 Å². The number of hydrogen-bond acceptors (Lipinski definition) is 2. The van der Waals surface area contributed by atoms with Crippen molar-refractivity contribution in [1.82, 2.24) is 0 Å². The number of anilines is 1. The van der Waals surface area contributed by atoms with Gasteiger partial charge in [0.15, 0.2) is 0 Å². The maximum atomic E-state index is 4.24. The normalized spacial score (nSPS) is 12.5. The third-order valence-corrected chi connectivity index (χ3v) is 2.91. The lowest BCUT2D eigenvalue weighted by Crippen LogP contribution is -1.95. The van der Waals surface area contributed by atoms with E-state index >= 15 is 0 Å². The lowest BCUT2D eigenvalue weighted by molar-refractivity contribution is 1.48. The minimum Gasteiger partial charge on any atom is -0.356 e. The van der Waals surface area contributed by atoms with E-state index in [-0.39, 0.29) is 0 Å². The first-order valence-corrected chi connectivity index (χ1v) is 6.59. The molecule has 0 aliphatic carbocycles. The molecule has 2 aromatic carbocycles. The van der Waals surface area contributed by atoms with Gasteiger partial charge in [-0.25, -0.2) is 0 Å².